The first-order valence-corrected chi connectivity index (χ1v) is 7.86. The molecule has 0 unspecified atom stereocenters. The van der Waals surface area contributed by atoms with Crippen LogP contribution in [0.15, 0.2) is 67.0 Å². The molecule has 0 aliphatic heterocycles. The molecule has 4 aromatic rings. The first-order valence-electron chi connectivity index (χ1n) is 7.86. The van der Waals surface area contributed by atoms with E-state index < -0.39 is 0 Å². The Morgan fingerprint density at radius 2 is 1.56 bits per heavy atom. The zero-order valence-corrected chi connectivity index (χ0v) is 13.0. The third kappa shape index (κ3) is 1.83. The molecule has 0 saturated carbocycles. The van der Waals surface area contributed by atoms with Crippen LogP contribution in [0.2, 0.25) is 0 Å². The molecule has 118 valence electrons. The van der Waals surface area contributed by atoms with Crippen molar-refractivity contribution in [1.82, 2.24) is 14.8 Å². The van der Waals surface area contributed by atoms with Crippen molar-refractivity contribution in [2.24, 2.45) is 0 Å². The number of ketones is 1. The fourth-order valence-electron chi connectivity index (χ4n) is 3.35. The van der Waals surface area contributed by atoms with Crippen LogP contribution in [-0.4, -0.2) is 26.5 Å². The Balaban J connectivity index is 1.84. The normalized spacial score (nSPS) is 12.2. The molecule has 5 nitrogen and oxygen atoms in total. The van der Waals surface area contributed by atoms with E-state index >= 15 is 0 Å². The summed E-state index contributed by atoms with van der Waals surface area (Å²) in [4.78, 5) is 29.7. The molecule has 2 aromatic heterocycles. The van der Waals surface area contributed by atoms with E-state index in [2.05, 4.69) is 10.1 Å². The molecule has 2 heterocycles. The van der Waals surface area contributed by atoms with Gasteiger partial charge in [-0.2, -0.15) is 9.78 Å². The second-order valence-electron chi connectivity index (χ2n) is 5.88. The lowest BCUT2D eigenvalue weighted by atomic mass is 9.87. The van der Waals surface area contributed by atoms with Gasteiger partial charge in [-0.1, -0.05) is 36.4 Å². The van der Waals surface area contributed by atoms with Crippen LogP contribution in [0.3, 0.4) is 0 Å². The molecule has 0 saturated heterocycles. The maximum Gasteiger partial charge on any atom is 0.278 e. The van der Waals surface area contributed by atoms with Crippen molar-refractivity contribution in [3.8, 4) is 11.3 Å². The maximum atomic E-state index is 12.9. The van der Waals surface area contributed by atoms with E-state index in [4.69, 9.17) is 0 Å². The Morgan fingerprint density at radius 1 is 0.840 bits per heavy atom. The predicted molar refractivity (Wildman–Crippen MR) is 92.6 cm³/mol. The van der Waals surface area contributed by atoms with Crippen LogP contribution in [-0.2, 0) is 0 Å². The number of hydrogen-bond donors (Lipinski definition) is 0. The summed E-state index contributed by atoms with van der Waals surface area (Å²) in [5, 5.41) is 5.30. The van der Waals surface area contributed by atoms with Crippen molar-refractivity contribution in [3.05, 3.63) is 83.7 Å². The molecule has 2 aromatic carbocycles. The third-order valence-corrected chi connectivity index (χ3v) is 4.50. The summed E-state index contributed by atoms with van der Waals surface area (Å²) in [6, 6.07) is 16.1. The Labute approximate surface area is 142 Å². The molecule has 5 rings (SSSR count). The van der Waals surface area contributed by atoms with E-state index in [0.717, 1.165) is 10.9 Å². The molecule has 1 aliphatic rings. The number of benzene rings is 2. The fraction of sp³-hybridized carbons (Fsp3) is 0. The minimum absolute atomic E-state index is 0.0374. The van der Waals surface area contributed by atoms with Gasteiger partial charge in [-0.25, -0.2) is 0 Å². The van der Waals surface area contributed by atoms with E-state index in [9.17, 15) is 9.59 Å². The lowest BCUT2D eigenvalue weighted by Gasteiger charge is -2.13. The average molecular weight is 325 g/mol. The van der Waals surface area contributed by atoms with Crippen molar-refractivity contribution in [2.45, 2.75) is 0 Å². The maximum absolute atomic E-state index is 12.9. The lowest BCUT2D eigenvalue weighted by molar-refractivity contribution is 0.0950. The third-order valence-electron chi connectivity index (χ3n) is 4.50. The Kier molecular flexibility index (Phi) is 2.73. The summed E-state index contributed by atoms with van der Waals surface area (Å²) >= 11 is 0. The van der Waals surface area contributed by atoms with Gasteiger partial charge in [0.25, 0.3) is 5.91 Å². The molecule has 0 N–H and O–H groups in total. The molecular weight excluding hydrogens is 314 g/mol. The van der Waals surface area contributed by atoms with Crippen LogP contribution in [0.4, 0.5) is 0 Å². The van der Waals surface area contributed by atoms with Crippen molar-refractivity contribution in [2.75, 3.05) is 0 Å². The van der Waals surface area contributed by atoms with Gasteiger partial charge < -0.3 is 0 Å². The molecule has 0 spiro atoms. The predicted octanol–water partition coefficient (Wildman–Crippen LogP) is 3.33. The van der Waals surface area contributed by atoms with Crippen molar-refractivity contribution in [3.63, 3.8) is 0 Å². The van der Waals surface area contributed by atoms with Gasteiger partial charge in [0.1, 0.15) is 5.69 Å². The molecule has 5 heteroatoms. The summed E-state index contributed by atoms with van der Waals surface area (Å²) < 4.78 is 1.37. The lowest BCUT2D eigenvalue weighted by Crippen LogP contribution is -2.13. The summed E-state index contributed by atoms with van der Waals surface area (Å²) in [6.45, 7) is 0. The Bertz CT molecular complexity index is 1180. The van der Waals surface area contributed by atoms with Crippen LogP contribution in [0.25, 0.3) is 22.2 Å². The summed E-state index contributed by atoms with van der Waals surface area (Å²) in [5.74, 6) is -0.285. The Hall–Kier alpha value is -3.60. The zero-order chi connectivity index (χ0) is 17.0. The highest BCUT2D eigenvalue weighted by Crippen LogP contribution is 2.38. The number of pyridine rings is 1. The Morgan fingerprint density at radius 3 is 2.36 bits per heavy atom. The number of nitrogens with zero attached hydrogens (tertiary/aromatic N) is 3. The van der Waals surface area contributed by atoms with Gasteiger partial charge in [0.05, 0.1) is 5.52 Å². The summed E-state index contributed by atoms with van der Waals surface area (Å²) in [6.07, 6.45) is 3.14. The molecule has 0 bridgehead atoms. The smallest absolute Gasteiger partial charge is 0.278 e. The molecule has 0 amide bonds. The second kappa shape index (κ2) is 4.95. The van der Waals surface area contributed by atoms with Gasteiger partial charge in [-0.3, -0.25) is 14.6 Å². The first kappa shape index (κ1) is 13.8. The highest BCUT2D eigenvalue weighted by molar-refractivity contribution is 6.25. The van der Waals surface area contributed by atoms with E-state index in [-0.39, 0.29) is 11.7 Å². The monoisotopic (exact) mass is 325 g/mol. The minimum Gasteiger partial charge on any atom is -0.289 e. The number of carbonyl (C=O) groups is 2. The quantitative estimate of drug-likeness (QED) is 0.474. The van der Waals surface area contributed by atoms with Crippen molar-refractivity contribution < 1.29 is 9.59 Å². The fourth-order valence-corrected chi connectivity index (χ4v) is 3.35. The van der Waals surface area contributed by atoms with E-state index in [0.29, 0.717) is 27.9 Å². The van der Waals surface area contributed by atoms with Crippen LogP contribution in [0.5, 0.6) is 0 Å². The highest BCUT2D eigenvalue weighted by atomic mass is 16.2. The van der Waals surface area contributed by atoms with Gasteiger partial charge in [-0.15, -0.1) is 0 Å². The van der Waals surface area contributed by atoms with Gasteiger partial charge in [-0.05, 0) is 18.2 Å². The minimum atomic E-state index is -0.248. The molecule has 0 atom stereocenters. The molecular formula is C20H11N3O2. The SMILES string of the molecule is O=C1c2ccccc2-c2nn(C(=O)c3ccncc3)c3cccc1c23. The molecule has 0 fully saturated rings. The van der Waals surface area contributed by atoms with Crippen LogP contribution in [0, 0.1) is 0 Å². The van der Waals surface area contributed by atoms with Crippen molar-refractivity contribution >= 4 is 22.6 Å². The first-order chi connectivity index (χ1) is 12.3. The molecule has 0 radical (unpaired) electrons. The number of aromatic nitrogens is 3. The average Bonchev–Trinajstić information content (AvgIpc) is 3.07. The topological polar surface area (TPSA) is 64.8 Å². The largest absolute Gasteiger partial charge is 0.289 e. The number of hydrogen-bond acceptors (Lipinski definition) is 4. The van der Waals surface area contributed by atoms with Crippen LogP contribution in [0.1, 0.15) is 26.3 Å². The van der Waals surface area contributed by atoms with Gasteiger partial charge in [0.2, 0.25) is 0 Å². The van der Waals surface area contributed by atoms with Crippen LogP contribution >= 0.6 is 0 Å². The number of carbonyl (C=O) groups excluding carboxylic acids is 2. The van der Waals surface area contributed by atoms with E-state index in [1.54, 1.807) is 42.7 Å². The molecule has 25 heavy (non-hydrogen) atoms. The summed E-state index contributed by atoms with van der Waals surface area (Å²) in [7, 11) is 0. The van der Waals surface area contributed by atoms with Gasteiger partial charge in [0, 0.05) is 40.0 Å². The van der Waals surface area contributed by atoms with Crippen molar-refractivity contribution in [1.29, 1.82) is 0 Å². The highest BCUT2D eigenvalue weighted by Gasteiger charge is 2.29. The molecule has 1 aliphatic carbocycles. The number of fused-ring (bicyclic) bond motifs is 2. The second-order valence-corrected chi connectivity index (χ2v) is 5.88. The standard InChI is InChI=1S/C20H11N3O2/c24-19-14-5-2-1-4-13(14)18-17-15(19)6-3-7-16(17)23(22-18)20(25)12-8-10-21-11-9-12/h1-11H. The van der Waals surface area contributed by atoms with Crippen LogP contribution < -0.4 is 0 Å². The van der Waals surface area contributed by atoms with Gasteiger partial charge in [0.15, 0.2) is 5.78 Å². The van der Waals surface area contributed by atoms with E-state index in [1.807, 2.05) is 24.3 Å². The summed E-state index contributed by atoms with van der Waals surface area (Å²) in [5.41, 5.74) is 3.76. The van der Waals surface area contributed by atoms with Gasteiger partial charge >= 0.3 is 0 Å². The zero-order valence-electron chi connectivity index (χ0n) is 13.0. The van der Waals surface area contributed by atoms with E-state index in [1.165, 1.54) is 4.68 Å². The number of rotatable bonds is 1.